The Morgan fingerprint density at radius 1 is 0.848 bits per heavy atom. The number of nitrogens with zero attached hydrogens (tertiary/aromatic N) is 1. The molecule has 0 radical (unpaired) electrons. The third-order valence-electron chi connectivity index (χ3n) is 6.03. The summed E-state index contributed by atoms with van der Waals surface area (Å²) < 4.78 is 6.07. The van der Waals surface area contributed by atoms with Crippen molar-refractivity contribution in [3.8, 4) is 11.5 Å². The molecule has 0 bridgehead atoms. The molecule has 1 heterocycles. The number of para-hydroxylation sites is 1. The molecule has 0 saturated carbocycles. The van der Waals surface area contributed by atoms with E-state index in [-0.39, 0.29) is 10.6 Å². The summed E-state index contributed by atoms with van der Waals surface area (Å²) in [4.78, 5) is 15.4. The van der Waals surface area contributed by atoms with Crippen molar-refractivity contribution in [2.75, 3.05) is 6.54 Å². The summed E-state index contributed by atoms with van der Waals surface area (Å²) in [7, 11) is 0. The fraction of sp³-hybridized carbons (Fsp3) is 0.345. The fourth-order valence-corrected chi connectivity index (χ4v) is 5.79. The summed E-state index contributed by atoms with van der Waals surface area (Å²) in [6.45, 7) is 2.99. The monoisotopic (exact) mass is 459 g/mol. The van der Waals surface area contributed by atoms with E-state index < -0.39 is 0 Å². The van der Waals surface area contributed by atoms with E-state index in [0.29, 0.717) is 5.91 Å². The first-order chi connectivity index (χ1) is 16.2. The third-order valence-corrected chi connectivity index (χ3v) is 7.58. The number of hydrogen-bond donors (Lipinski definition) is 0. The van der Waals surface area contributed by atoms with E-state index in [1.165, 1.54) is 5.56 Å². The Hall–Kier alpha value is -2.72. The first-order valence-corrected chi connectivity index (χ1v) is 13.0. The van der Waals surface area contributed by atoms with Gasteiger partial charge in [0.2, 0.25) is 5.91 Å². The van der Waals surface area contributed by atoms with Crippen molar-refractivity contribution in [3.05, 3.63) is 96.1 Å². The lowest BCUT2D eigenvalue weighted by Gasteiger charge is -2.24. The minimum Gasteiger partial charge on any atom is -0.457 e. The lowest BCUT2D eigenvalue weighted by Crippen LogP contribution is -2.32. The van der Waals surface area contributed by atoms with Crippen LogP contribution in [-0.2, 0) is 11.2 Å². The van der Waals surface area contributed by atoms with Crippen molar-refractivity contribution in [1.82, 2.24) is 4.90 Å². The smallest absolute Gasteiger partial charge is 0.236 e. The standard InChI is InChI=1S/C29H33NO2S/c1-2-3-20-27-28(31)30(21-11-10-15-23-13-6-4-7-14-23)29(33-27)24-16-12-19-26(22-24)32-25-17-8-5-9-18-25/h4-9,12-14,16-19,22,27,29H,2-3,10-11,15,20-21H2,1H3. The minimum absolute atomic E-state index is 0.0513. The van der Waals surface area contributed by atoms with E-state index in [4.69, 9.17) is 4.74 Å². The summed E-state index contributed by atoms with van der Waals surface area (Å²) in [5.74, 6) is 1.93. The van der Waals surface area contributed by atoms with Crippen LogP contribution in [-0.4, -0.2) is 22.6 Å². The SMILES string of the molecule is CCCCC1SC(c2cccc(Oc3ccccc3)c2)N(CCCCc2ccccc2)C1=O. The first-order valence-electron chi connectivity index (χ1n) is 12.1. The Bertz CT molecular complexity index is 1010. The van der Waals surface area contributed by atoms with Gasteiger partial charge in [0, 0.05) is 6.54 Å². The average Bonchev–Trinajstić information content (AvgIpc) is 3.17. The lowest BCUT2D eigenvalue weighted by atomic mass is 10.1. The fourth-order valence-electron chi connectivity index (χ4n) is 4.27. The van der Waals surface area contributed by atoms with Crippen molar-refractivity contribution in [2.24, 2.45) is 0 Å². The van der Waals surface area contributed by atoms with Gasteiger partial charge in [-0.2, -0.15) is 0 Å². The minimum atomic E-state index is 0.0513. The molecule has 3 aromatic rings. The molecule has 0 spiro atoms. The van der Waals surface area contributed by atoms with Crippen LogP contribution in [0.15, 0.2) is 84.9 Å². The molecule has 1 amide bonds. The van der Waals surface area contributed by atoms with Gasteiger partial charge in [-0.25, -0.2) is 0 Å². The largest absolute Gasteiger partial charge is 0.457 e. The molecule has 172 valence electrons. The maximum Gasteiger partial charge on any atom is 0.236 e. The topological polar surface area (TPSA) is 29.5 Å². The number of thioether (sulfide) groups is 1. The highest BCUT2D eigenvalue weighted by Crippen LogP contribution is 2.45. The van der Waals surface area contributed by atoms with Gasteiger partial charge in [0.25, 0.3) is 0 Å². The molecule has 4 heteroatoms. The normalized spacial score (nSPS) is 18.0. The van der Waals surface area contributed by atoms with E-state index in [9.17, 15) is 4.79 Å². The van der Waals surface area contributed by atoms with Crippen LogP contribution in [0.4, 0.5) is 0 Å². The van der Waals surface area contributed by atoms with Crippen molar-refractivity contribution >= 4 is 17.7 Å². The van der Waals surface area contributed by atoms with Crippen molar-refractivity contribution < 1.29 is 9.53 Å². The summed E-state index contributed by atoms with van der Waals surface area (Å²) in [6, 6.07) is 28.7. The number of carbonyl (C=O) groups is 1. The van der Waals surface area contributed by atoms with E-state index in [2.05, 4.69) is 54.3 Å². The molecule has 1 saturated heterocycles. The highest BCUT2D eigenvalue weighted by Gasteiger charge is 2.40. The molecule has 33 heavy (non-hydrogen) atoms. The number of aryl methyl sites for hydroxylation is 1. The van der Waals surface area contributed by atoms with E-state index in [1.807, 2.05) is 54.2 Å². The molecule has 0 N–H and O–H groups in total. The maximum atomic E-state index is 13.3. The Morgan fingerprint density at radius 2 is 1.58 bits per heavy atom. The van der Waals surface area contributed by atoms with Crippen LogP contribution in [0.2, 0.25) is 0 Å². The van der Waals surface area contributed by atoms with Gasteiger partial charge in [0.1, 0.15) is 16.9 Å². The van der Waals surface area contributed by atoms with E-state index >= 15 is 0 Å². The Balaban J connectivity index is 1.45. The average molecular weight is 460 g/mol. The molecule has 1 aliphatic rings. The van der Waals surface area contributed by atoms with Crippen LogP contribution in [0.5, 0.6) is 11.5 Å². The van der Waals surface area contributed by atoms with Crippen LogP contribution in [0, 0.1) is 0 Å². The number of benzene rings is 3. The molecule has 4 rings (SSSR count). The van der Waals surface area contributed by atoms with Crippen LogP contribution in [0.3, 0.4) is 0 Å². The Kier molecular flexibility index (Phi) is 8.48. The third kappa shape index (κ3) is 6.42. The molecule has 3 nitrogen and oxygen atoms in total. The molecule has 3 aromatic carbocycles. The summed E-state index contributed by atoms with van der Waals surface area (Å²) in [5.41, 5.74) is 2.51. The van der Waals surface area contributed by atoms with E-state index in [1.54, 1.807) is 0 Å². The zero-order valence-electron chi connectivity index (χ0n) is 19.4. The second-order valence-corrected chi connectivity index (χ2v) is 9.87. The van der Waals surface area contributed by atoms with Gasteiger partial charge in [0.05, 0.1) is 5.25 Å². The van der Waals surface area contributed by atoms with Gasteiger partial charge in [-0.05, 0) is 61.1 Å². The number of amides is 1. The highest BCUT2D eigenvalue weighted by molar-refractivity contribution is 8.01. The van der Waals surface area contributed by atoms with Gasteiger partial charge in [0.15, 0.2) is 0 Å². The Morgan fingerprint density at radius 3 is 2.33 bits per heavy atom. The maximum absolute atomic E-state index is 13.3. The Labute approximate surface area is 202 Å². The lowest BCUT2D eigenvalue weighted by molar-refractivity contribution is -0.130. The van der Waals surface area contributed by atoms with Gasteiger partial charge in [-0.1, -0.05) is 80.4 Å². The molecule has 0 aliphatic carbocycles. The zero-order chi connectivity index (χ0) is 22.9. The summed E-state index contributed by atoms with van der Waals surface area (Å²) in [6.07, 6.45) is 6.32. The van der Waals surface area contributed by atoms with Gasteiger partial charge in [-0.15, -0.1) is 11.8 Å². The number of hydrogen-bond acceptors (Lipinski definition) is 3. The van der Waals surface area contributed by atoms with Crippen LogP contribution < -0.4 is 4.74 Å². The van der Waals surface area contributed by atoms with Crippen LogP contribution in [0.25, 0.3) is 0 Å². The first kappa shape index (κ1) is 23.4. The van der Waals surface area contributed by atoms with Gasteiger partial charge >= 0.3 is 0 Å². The number of ether oxygens (including phenoxy) is 1. The van der Waals surface area contributed by atoms with Crippen LogP contribution >= 0.6 is 11.8 Å². The van der Waals surface area contributed by atoms with E-state index in [0.717, 1.165) is 62.1 Å². The predicted molar refractivity (Wildman–Crippen MR) is 138 cm³/mol. The second-order valence-electron chi connectivity index (χ2n) is 8.58. The molecule has 1 aliphatic heterocycles. The van der Waals surface area contributed by atoms with Gasteiger partial charge < -0.3 is 9.64 Å². The summed E-state index contributed by atoms with van der Waals surface area (Å²) in [5, 5.41) is 0.109. The quantitative estimate of drug-likeness (QED) is 0.276. The molecule has 0 aromatic heterocycles. The zero-order valence-corrected chi connectivity index (χ0v) is 20.2. The van der Waals surface area contributed by atoms with Crippen molar-refractivity contribution in [3.63, 3.8) is 0 Å². The van der Waals surface area contributed by atoms with Crippen molar-refractivity contribution in [2.45, 2.75) is 56.1 Å². The van der Waals surface area contributed by atoms with Crippen molar-refractivity contribution in [1.29, 1.82) is 0 Å². The molecular formula is C29H33NO2S. The van der Waals surface area contributed by atoms with Crippen LogP contribution in [0.1, 0.15) is 55.5 Å². The molecule has 1 fully saturated rings. The summed E-state index contributed by atoms with van der Waals surface area (Å²) >= 11 is 1.81. The number of carbonyl (C=O) groups excluding carboxylic acids is 1. The predicted octanol–water partition coefficient (Wildman–Crippen LogP) is 7.63. The molecule has 2 atom stereocenters. The highest BCUT2D eigenvalue weighted by atomic mass is 32.2. The van der Waals surface area contributed by atoms with Gasteiger partial charge in [-0.3, -0.25) is 4.79 Å². The second kappa shape index (κ2) is 11.9. The molecule has 2 unspecified atom stereocenters. The molecular weight excluding hydrogens is 426 g/mol. The number of rotatable bonds is 11. The number of unbranched alkanes of at least 4 members (excludes halogenated alkanes) is 2.